The maximum Gasteiger partial charge on any atom is 0.225 e. The van der Waals surface area contributed by atoms with Crippen LogP contribution >= 0.6 is 12.4 Å². The van der Waals surface area contributed by atoms with Gasteiger partial charge in [-0.15, -0.1) is 12.4 Å². The van der Waals surface area contributed by atoms with E-state index in [1.165, 1.54) is 0 Å². The Morgan fingerprint density at radius 2 is 2.05 bits per heavy atom. The maximum atomic E-state index is 12.1. The molecule has 0 saturated carbocycles. The molecule has 1 amide bonds. The Hall–Kier alpha value is -1.26. The Bertz CT molecular complexity index is 461. The molecule has 2 N–H and O–H groups in total. The molecule has 1 atom stereocenters. The predicted molar refractivity (Wildman–Crippen MR) is 87.1 cm³/mol. The van der Waals surface area contributed by atoms with Crippen molar-refractivity contribution in [1.29, 1.82) is 0 Å². The first-order valence-electron chi connectivity index (χ1n) is 7.24. The number of carbonyl (C=O) groups excluding carboxylic acids is 1. The number of benzene rings is 1. The largest absolute Gasteiger partial charge is 0.496 e. The van der Waals surface area contributed by atoms with E-state index in [0.29, 0.717) is 5.92 Å². The lowest BCUT2D eigenvalue weighted by atomic mass is 9.94. The summed E-state index contributed by atoms with van der Waals surface area (Å²) in [7, 11) is 1.68. The minimum absolute atomic E-state index is 0. The van der Waals surface area contributed by atoms with Crippen molar-refractivity contribution in [1.82, 2.24) is 10.6 Å². The van der Waals surface area contributed by atoms with Gasteiger partial charge in [-0.3, -0.25) is 4.79 Å². The number of methoxy groups -OCH3 is 1. The van der Waals surface area contributed by atoms with Crippen molar-refractivity contribution in [3.63, 3.8) is 0 Å². The van der Waals surface area contributed by atoms with Crippen LogP contribution in [0, 0.1) is 11.8 Å². The van der Waals surface area contributed by atoms with Crippen molar-refractivity contribution in [3.8, 4) is 5.75 Å². The molecule has 1 aliphatic rings. The number of hydrogen-bond donors (Lipinski definition) is 2. The van der Waals surface area contributed by atoms with Gasteiger partial charge in [0.25, 0.3) is 0 Å². The van der Waals surface area contributed by atoms with E-state index in [0.717, 1.165) is 30.8 Å². The monoisotopic (exact) mass is 312 g/mol. The Labute approximate surface area is 133 Å². The molecule has 1 saturated heterocycles. The average molecular weight is 313 g/mol. The Balaban J connectivity index is 0.00000220. The van der Waals surface area contributed by atoms with Crippen molar-refractivity contribution >= 4 is 18.3 Å². The number of halogens is 1. The molecule has 0 aromatic heterocycles. The molecular weight excluding hydrogens is 288 g/mol. The lowest BCUT2D eigenvalue weighted by molar-refractivity contribution is -0.127. The molecule has 0 aliphatic carbocycles. The molecule has 0 radical (unpaired) electrons. The zero-order valence-electron chi connectivity index (χ0n) is 12.9. The fraction of sp³-hybridized carbons (Fsp3) is 0.562. The van der Waals surface area contributed by atoms with Crippen LogP contribution in [0.25, 0.3) is 0 Å². The zero-order chi connectivity index (χ0) is 14.5. The fourth-order valence-corrected chi connectivity index (χ4v) is 2.34. The molecule has 1 fully saturated rings. The fourth-order valence-electron chi connectivity index (χ4n) is 2.34. The molecule has 1 aromatic rings. The average Bonchev–Trinajstić information content (AvgIpc) is 2.36. The highest BCUT2D eigenvalue weighted by Gasteiger charge is 2.27. The minimum atomic E-state index is 0. The molecule has 118 valence electrons. The van der Waals surface area contributed by atoms with E-state index in [1.54, 1.807) is 7.11 Å². The van der Waals surface area contributed by atoms with Gasteiger partial charge < -0.3 is 15.4 Å². The first kappa shape index (κ1) is 17.8. The van der Waals surface area contributed by atoms with Gasteiger partial charge in [0.05, 0.1) is 13.0 Å². The Morgan fingerprint density at radius 1 is 1.38 bits per heavy atom. The van der Waals surface area contributed by atoms with E-state index in [9.17, 15) is 4.79 Å². The van der Waals surface area contributed by atoms with E-state index < -0.39 is 0 Å². The summed E-state index contributed by atoms with van der Waals surface area (Å²) in [6, 6.07) is 8.13. The van der Waals surface area contributed by atoms with Gasteiger partial charge in [0, 0.05) is 19.1 Å². The quantitative estimate of drug-likeness (QED) is 0.845. The predicted octanol–water partition coefficient (Wildman–Crippen LogP) is 2.02. The number of carbonyl (C=O) groups is 1. The molecule has 1 aromatic carbocycles. The second-order valence-electron chi connectivity index (χ2n) is 5.73. The van der Waals surface area contributed by atoms with Gasteiger partial charge in [-0.25, -0.2) is 0 Å². The van der Waals surface area contributed by atoms with Gasteiger partial charge in [-0.1, -0.05) is 32.0 Å². The number of para-hydroxylation sites is 1. The van der Waals surface area contributed by atoms with Crippen molar-refractivity contribution < 1.29 is 9.53 Å². The van der Waals surface area contributed by atoms with Crippen LogP contribution in [0.1, 0.15) is 19.4 Å². The summed E-state index contributed by atoms with van der Waals surface area (Å²) >= 11 is 0. The lowest BCUT2D eigenvalue weighted by Crippen LogP contribution is -2.53. The highest BCUT2D eigenvalue weighted by atomic mass is 35.5. The molecule has 2 rings (SSSR count). The Kier molecular flexibility index (Phi) is 6.99. The van der Waals surface area contributed by atoms with Crippen LogP contribution in [0.2, 0.25) is 0 Å². The topological polar surface area (TPSA) is 50.4 Å². The first-order chi connectivity index (χ1) is 9.61. The number of hydrogen-bond acceptors (Lipinski definition) is 3. The molecule has 0 spiro atoms. The first-order valence-corrected chi connectivity index (χ1v) is 7.24. The van der Waals surface area contributed by atoms with Gasteiger partial charge in [0.1, 0.15) is 5.75 Å². The number of nitrogens with one attached hydrogen (secondary N) is 2. The standard InChI is InChI=1S/C16H24N2O2.ClH/c1-11(2)14(18-16(19)13-9-17-10-13)8-12-6-4-5-7-15(12)20-3;/h4-7,11,13-14,17H,8-10H2,1-3H3,(H,18,19);1H. The summed E-state index contributed by atoms with van der Waals surface area (Å²) in [5.41, 5.74) is 1.14. The SMILES string of the molecule is COc1ccccc1CC(NC(=O)C1CNC1)C(C)C.Cl. The summed E-state index contributed by atoms with van der Waals surface area (Å²) in [5, 5.41) is 6.32. The second-order valence-corrected chi connectivity index (χ2v) is 5.73. The molecule has 1 aliphatic heterocycles. The molecule has 1 unspecified atom stereocenters. The summed E-state index contributed by atoms with van der Waals surface area (Å²) in [4.78, 5) is 12.1. The minimum Gasteiger partial charge on any atom is -0.496 e. The van der Waals surface area contributed by atoms with Crippen molar-refractivity contribution in [2.45, 2.75) is 26.3 Å². The van der Waals surface area contributed by atoms with Gasteiger partial charge in [0.2, 0.25) is 5.91 Å². The normalized spacial score (nSPS) is 15.8. The third kappa shape index (κ3) is 4.61. The number of ether oxygens (including phenoxy) is 1. The van der Waals surface area contributed by atoms with Gasteiger partial charge in [0.15, 0.2) is 0 Å². The third-order valence-electron chi connectivity index (χ3n) is 3.92. The zero-order valence-corrected chi connectivity index (χ0v) is 13.7. The summed E-state index contributed by atoms with van der Waals surface area (Å²) in [5.74, 6) is 1.57. The van der Waals surface area contributed by atoms with E-state index in [2.05, 4.69) is 30.5 Å². The van der Waals surface area contributed by atoms with E-state index in [1.807, 2.05) is 18.2 Å². The van der Waals surface area contributed by atoms with Crippen LogP contribution in [-0.2, 0) is 11.2 Å². The highest BCUT2D eigenvalue weighted by Crippen LogP contribution is 2.21. The second kappa shape index (κ2) is 8.25. The lowest BCUT2D eigenvalue weighted by Gasteiger charge is -2.30. The molecule has 4 nitrogen and oxygen atoms in total. The van der Waals surface area contributed by atoms with E-state index >= 15 is 0 Å². The van der Waals surface area contributed by atoms with E-state index in [4.69, 9.17) is 4.74 Å². The molecule has 0 bridgehead atoms. The van der Waals surface area contributed by atoms with Crippen LogP contribution in [0.5, 0.6) is 5.75 Å². The summed E-state index contributed by atoms with van der Waals surface area (Å²) in [6.07, 6.45) is 0.799. The number of rotatable bonds is 6. The van der Waals surface area contributed by atoms with Gasteiger partial charge >= 0.3 is 0 Å². The van der Waals surface area contributed by atoms with Crippen molar-refractivity contribution in [3.05, 3.63) is 29.8 Å². The highest BCUT2D eigenvalue weighted by molar-refractivity contribution is 5.85. The summed E-state index contributed by atoms with van der Waals surface area (Å²) in [6.45, 7) is 5.87. The molecular formula is C16H25ClN2O2. The Morgan fingerprint density at radius 3 is 2.57 bits per heavy atom. The molecule has 5 heteroatoms. The van der Waals surface area contributed by atoms with Crippen LogP contribution in [0.3, 0.4) is 0 Å². The maximum absolute atomic E-state index is 12.1. The molecule has 21 heavy (non-hydrogen) atoms. The van der Waals surface area contributed by atoms with Gasteiger partial charge in [-0.2, -0.15) is 0 Å². The third-order valence-corrected chi connectivity index (χ3v) is 3.92. The van der Waals surface area contributed by atoms with Crippen LogP contribution in [-0.4, -0.2) is 32.1 Å². The van der Waals surface area contributed by atoms with Crippen LogP contribution in [0.15, 0.2) is 24.3 Å². The number of amides is 1. The van der Waals surface area contributed by atoms with Crippen LogP contribution < -0.4 is 15.4 Å². The smallest absolute Gasteiger partial charge is 0.225 e. The van der Waals surface area contributed by atoms with Crippen LogP contribution in [0.4, 0.5) is 0 Å². The van der Waals surface area contributed by atoms with Crippen molar-refractivity contribution in [2.24, 2.45) is 11.8 Å². The van der Waals surface area contributed by atoms with E-state index in [-0.39, 0.29) is 30.3 Å². The van der Waals surface area contributed by atoms with Crippen molar-refractivity contribution in [2.75, 3.05) is 20.2 Å². The molecule has 1 heterocycles. The summed E-state index contributed by atoms with van der Waals surface area (Å²) < 4.78 is 5.39. The van der Waals surface area contributed by atoms with Gasteiger partial charge in [-0.05, 0) is 24.0 Å².